The molecule has 0 aliphatic rings. The van der Waals surface area contributed by atoms with Crippen LogP contribution >= 0.6 is 0 Å². The van der Waals surface area contributed by atoms with Gasteiger partial charge in [0, 0.05) is 6.42 Å². The molecule has 0 aliphatic heterocycles. The lowest BCUT2D eigenvalue weighted by atomic mass is 9.78. The molecule has 0 saturated heterocycles. The normalized spacial score (nSPS) is 11.3. The summed E-state index contributed by atoms with van der Waals surface area (Å²) in [5.41, 5.74) is -1.97. The minimum atomic E-state index is -1.97. The summed E-state index contributed by atoms with van der Waals surface area (Å²) in [6, 6.07) is 0. The van der Waals surface area contributed by atoms with Gasteiger partial charge in [-0.05, 0) is 12.8 Å². The number of hydrogen-bond acceptors (Lipinski definition) is 3. The molecule has 0 aromatic carbocycles. The topological polar surface area (TPSA) is 112 Å². The van der Waals surface area contributed by atoms with Crippen LogP contribution in [0.2, 0.25) is 0 Å². The molecule has 6 heteroatoms. The second kappa shape index (κ2) is 11.0. The molecular formula is C16H28O6. The smallest absolute Gasteiger partial charge is 0.321 e. The van der Waals surface area contributed by atoms with Crippen molar-refractivity contribution in [2.24, 2.45) is 5.41 Å². The SMILES string of the molecule is CCCCCCCCCCC(CCC(=O)O)(C(=O)O)C(=O)O. The summed E-state index contributed by atoms with van der Waals surface area (Å²) in [5.74, 6) is -4.06. The summed E-state index contributed by atoms with van der Waals surface area (Å²) in [6.07, 6.45) is 7.21. The van der Waals surface area contributed by atoms with Crippen molar-refractivity contribution in [2.45, 2.75) is 77.6 Å². The first-order valence-corrected chi connectivity index (χ1v) is 8.05. The summed E-state index contributed by atoms with van der Waals surface area (Å²) in [7, 11) is 0. The van der Waals surface area contributed by atoms with Crippen LogP contribution in [0.15, 0.2) is 0 Å². The van der Waals surface area contributed by atoms with Gasteiger partial charge in [-0.1, -0.05) is 58.3 Å². The van der Waals surface area contributed by atoms with Crippen molar-refractivity contribution < 1.29 is 29.7 Å². The van der Waals surface area contributed by atoms with Crippen molar-refractivity contribution in [3.05, 3.63) is 0 Å². The molecule has 0 fully saturated rings. The average Bonchev–Trinajstić information content (AvgIpc) is 2.44. The lowest BCUT2D eigenvalue weighted by Crippen LogP contribution is -2.39. The molecule has 0 amide bonds. The quantitative estimate of drug-likeness (QED) is 0.334. The largest absolute Gasteiger partial charge is 0.481 e. The Bertz CT molecular complexity index is 350. The molecule has 0 aromatic heterocycles. The third-order valence-corrected chi connectivity index (χ3v) is 4.04. The van der Waals surface area contributed by atoms with E-state index in [0.29, 0.717) is 6.42 Å². The molecule has 128 valence electrons. The zero-order chi connectivity index (χ0) is 17.0. The van der Waals surface area contributed by atoms with Gasteiger partial charge in [0.1, 0.15) is 0 Å². The molecule has 0 rings (SSSR count). The fourth-order valence-corrected chi connectivity index (χ4v) is 2.53. The van der Waals surface area contributed by atoms with Crippen molar-refractivity contribution in [1.29, 1.82) is 0 Å². The maximum absolute atomic E-state index is 11.3. The fraction of sp³-hybridized carbons (Fsp3) is 0.812. The lowest BCUT2D eigenvalue weighted by molar-refractivity contribution is -0.166. The van der Waals surface area contributed by atoms with Gasteiger partial charge in [0.15, 0.2) is 5.41 Å². The van der Waals surface area contributed by atoms with Gasteiger partial charge in [0.05, 0.1) is 0 Å². The Morgan fingerprint density at radius 2 is 1.18 bits per heavy atom. The minimum absolute atomic E-state index is 0.0140. The maximum atomic E-state index is 11.3. The Morgan fingerprint density at radius 3 is 1.59 bits per heavy atom. The van der Waals surface area contributed by atoms with E-state index in [1.54, 1.807) is 0 Å². The Hall–Kier alpha value is -1.59. The third kappa shape index (κ3) is 7.43. The van der Waals surface area contributed by atoms with E-state index in [2.05, 4.69) is 6.92 Å². The molecule has 0 atom stereocenters. The first-order valence-electron chi connectivity index (χ1n) is 8.05. The summed E-state index contributed by atoms with van der Waals surface area (Å²) < 4.78 is 0. The van der Waals surface area contributed by atoms with Crippen LogP contribution in [0.5, 0.6) is 0 Å². The number of unbranched alkanes of at least 4 members (excludes halogenated alkanes) is 7. The molecule has 22 heavy (non-hydrogen) atoms. The van der Waals surface area contributed by atoms with Gasteiger partial charge >= 0.3 is 17.9 Å². The van der Waals surface area contributed by atoms with E-state index < -0.39 is 29.7 Å². The van der Waals surface area contributed by atoms with Crippen LogP contribution < -0.4 is 0 Å². The molecule has 0 bridgehead atoms. The van der Waals surface area contributed by atoms with E-state index in [4.69, 9.17) is 5.11 Å². The zero-order valence-electron chi connectivity index (χ0n) is 13.3. The van der Waals surface area contributed by atoms with Crippen molar-refractivity contribution in [1.82, 2.24) is 0 Å². The Labute approximate surface area is 131 Å². The molecule has 0 aliphatic carbocycles. The van der Waals surface area contributed by atoms with Crippen molar-refractivity contribution in [2.75, 3.05) is 0 Å². The molecule has 0 aromatic rings. The standard InChI is InChI=1S/C16H28O6/c1-2-3-4-5-6-7-8-9-11-16(14(19)20,15(21)22)12-10-13(17)18/h2-12H2,1H3,(H,17,18)(H,19,20)(H,21,22). The van der Waals surface area contributed by atoms with Gasteiger partial charge in [0.25, 0.3) is 0 Å². The molecule has 0 radical (unpaired) electrons. The highest BCUT2D eigenvalue weighted by atomic mass is 16.4. The molecule has 0 unspecified atom stereocenters. The third-order valence-electron chi connectivity index (χ3n) is 4.04. The van der Waals surface area contributed by atoms with E-state index in [1.165, 1.54) is 19.3 Å². The number of rotatable bonds is 14. The van der Waals surface area contributed by atoms with Crippen LogP contribution in [0.4, 0.5) is 0 Å². The Balaban J connectivity index is 4.27. The van der Waals surface area contributed by atoms with Gasteiger partial charge in [-0.2, -0.15) is 0 Å². The van der Waals surface area contributed by atoms with Crippen molar-refractivity contribution in [3.8, 4) is 0 Å². The van der Waals surface area contributed by atoms with Crippen LogP contribution in [0.1, 0.15) is 77.6 Å². The molecule has 3 N–H and O–H groups in total. The second-order valence-electron chi connectivity index (χ2n) is 5.81. The van der Waals surface area contributed by atoms with E-state index in [0.717, 1.165) is 25.7 Å². The highest BCUT2D eigenvalue weighted by molar-refractivity contribution is 5.98. The van der Waals surface area contributed by atoms with Gasteiger partial charge in [0.2, 0.25) is 0 Å². The number of aliphatic carboxylic acids is 3. The molecule has 0 heterocycles. The predicted molar refractivity (Wildman–Crippen MR) is 81.8 cm³/mol. The monoisotopic (exact) mass is 316 g/mol. The molecular weight excluding hydrogens is 288 g/mol. The second-order valence-corrected chi connectivity index (χ2v) is 5.81. The van der Waals surface area contributed by atoms with E-state index in [1.807, 2.05) is 0 Å². The van der Waals surface area contributed by atoms with Gasteiger partial charge < -0.3 is 15.3 Å². The number of hydrogen-bond donors (Lipinski definition) is 3. The molecule has 6 nitrogen and oxygen atoms in total. The van der Waals surface area contributed by atoms with Crippen molar-refractivity contribution >= 4 is 17.9 Å². The highest BCUT2D eigenvalue weighted by Crippen LogP contribution is 2.32. The summed E-state index contributed by atoms with van der Waals surface area (Å²) >= 11 is 0. The van der Waals surface area contributed by atoms with Crippen molar-refractivity contribution in [3.63, 3.8) is 0 Å². The zero-order valence-corrected chi connectivity index (χ0v) is 13.3. The Kier molecular flexibility index (Phi) is 10.2. The van der Waals surface area contributed by atoms with E-state index in [-0.39, 0.29) is 12.8 Å². The summed E-state index contributed by atoms with van der Waals surface area (Å²) in [6.45, 7) is 2.15. The van der Waals surface area contributed by atoms with Gasteiger partial charge in [-0.15, -0.1) is 0 Å². The van der Waals surface area contributed by atoms with E-state index >= 15 is 0 Å². The van der Waals surface area contributed by atoms with Gasteiger partial charge in [-0.25, -0.2) is 0 Å². The van der Waals surface area contributed by atoms with Crippen LogP contribution in [0.25, 0.3) is 0 Å². The molecule has 0 saturated carbocycles. The first kappa shape index (κ1) is 20.4. The minimum Gasteiger partial charge on any atom is -0.481 e. The number of carboxylic acids is 3. The van der Waals surface area contributed by atoms with Crippen LogP contribution in [0.3, 0.4) is 0 Å². The number of carbonyl (C=O) groups is 3. The van der Waals surface area contributed by atoms with E-state index in [9.17, 15) is 24.6 Å². The summed E-state index contributed by atoms with van der Waals surface area (Å²) in [5, 5.41) is 27.1. The van der Waals surface area contributed by atoms with Crippen LogP contribution in [-0.2, 0) is 14.4 Å². The number of carboxylic acid groups (broad SMARTS) is 3. The van der Waals surface area contributed by atoms with Crippen LogP contribution in [0, 0.1) is 5.41 Å². The lowest BCUT2D eigenvalue weighted by Gasteiger charge is -2.24. The highest BCUT2D eigenvalue weighted by Gasteiger charge is 2.45. The van der Waals surface area contributed by atoms with Gasteiger partial charge in [-0.3, -0.25) is 14.4 Å². The summed E-state index contributed by atoms with van der Waals surface area (Å²) in [4.78, 5) is 33.3. The van der Waals surface area contributed by atoms with Crippen LogP contribution in [-0.4, -0.2) is 33.2 Å². The fourth-order valence-electron chi connectivity index (χ4n) is 2.53. The predicted octanol–water partition coefficient (Wildman–Crippen LogP) is 3.54. The average molecular weight is 316 g/mol. The molecule has 0 spiro atoms. The first-order chi connectivity index (χ1) is 10.4. The Morgan fingerprint density at radius 1 is 0.727 bits per heavy atom. The maximum Gasteiger partial charge on any atom is 0.321 e.